The van der Waals surface area contributed by atoms with Crippen LogP contribution in [0.2, 0.25) is 0 Å². The maximum absolute atomic E-state index is 12.9. The van der Waals surface area contributed by atoms with Crippen LogP contribution in [-0.2, 0) is 9.53 Å². The Morgan fingerprint density at radius 2 is 1.92 bits per heavy atom. The fourth-order valence-electron chi connectivity index (χ4n) is 3.47. The van der Waals surface area contributed by atoms with Crippen LogP contribution in [0, 0.1) is 5.82 Å². The van der Waals surface area contributed by atoms with Gasteiger partial charge in [-0.1, -0.05) is 0 Å². The summed E-state index contributed by atoms with van der Waals surface area (Å²) in [6, 6.07) is 5.42. The zero-order chi connectivity index (χ0) is 17.0. The zero-order valence-corrected chi connectivity index (χ0v) is 13.6. The Labute approximate surface area is 141 Å². The molecule has 130 valence electrons. The number of Topliss-reactive ketones (excluding diaryl/α,β-unsaturated/α-hetero) is 1. The van der Waals surface area contributed by atoms with Crippen molar-refractivity contribution in [1.29, 1.82) is 0 Å². The average Bonchev–Trinajstić information content (AvgIpc) is 2.96. The smallest absolute Gasteiger partial charge is 0.220 e. The summed E-state index contributed by atoms with van der Waals surface area (Å²) >= 11 is 0. The van der Waals surface area contributed by atoms with Gasteiger partial charge in [-0.15, -0.1) is 0 Å². The van der Waals surface area contributed by atoms with Gasteiger partial charge in [0.1, 0.15) is 5.82 Å². The molecule has 3 rings (SSSR count). The van der Waals surface area contributed by atoms with E-state index in [0.29, 0.717) is 12.2 Å². The number of ketones is 1. The molecule has 2 N–H and O–H groups in total. The molecule has 0 unspecified atom stereocenters. The molecule has 1 aromatic rings. The van der Waals surface area contributed by atoms with Crippen LogP contribution in [0.5, 0.6) is 0 Å². The molecule has 1 atom stereocenters. The molecule has 1 spiro atoms. The second-order valence-corrected chi connectivity index (χ2v) is 6.64. The fraction of sp³-hybridized carbons (Fsp3) is 0.556. The number of nitrogens with one attached hydrogen (secondary N) is 2. The van der Waals surface area contributed by atoms with Crippen molar-refractivity contribution < 1.29 is 18.7 Å². The van der Waals surface area contributed by atoms with E-state index < -0.39 is 0 Å². The third kappa shape index (κ3) is 4.19. The molecule has 2 aliphatic heterocycles. The molecule has 2 heterocycles. The van der Waals surface area contributed by atoms with E-state index in [9.17, 15) is 14.0 Å². The number of ether oxygens (including phenoxy) is 1. The minimum Gasteiger partial charge on any atom is -0.373 e. The Kier molecular flexibility index (Phi) is 5.26. The van der Waals surface area contributed by atoms with Gasteiger partial charge in [0.15, 0.2) is 5.78 Å². The Bertz CT molecular complexity index is 597. The van der Waals surface area contributed by atoms with Gasteiger partial charge in [0.2, 0.25) is 5.91 Å². The van der Waals surface area contributed by atoms with Crippen LogP contribution in [0.25, 0.3) is 0 Å². The molecule has 0 aliphatic carbocycles. The van der Waals surface area contributed by atoms with Crippen molar-refractivity contribution in [2.24, 2.45) is 0 Å². The van der Waals surface area contributed by atoms with E-state index in [1.54, 1.807) is 0 Å². The molecular weight excluding hydrogens is 311 g/mol. The van der Waals surface area contributed by atoms with Gasteiger partial charge in [-0.05, 0) is 56.6 Å². The van der Waals surface area contributed by atoms with Crippen molar-refractivity contribution >= 4 is 11.7 Å². The van der Waals surface area contributed by atoms with Gasteiger partial charge in [0.05, 0.1) is 18.2 Å². The number of amides is 1. The van der Waals surface area contributed by atoms with Crippen molar-refractivity contribution in [3.05, 3.63) is 35.6 Å². The first-order chi connectivity index (χ1) is 11.6. The van der Waals surface area contributed by atoms with Crippen molar-refractivity contribution in [2.45, 2.75) is 43.7 Å². The van der Waals surface area contributed by atoms with E-state index in [1.807, 2.05) is 0 Å². The molecule has 1 amide bonds. The van der Waals surface area contributed by atoms with Crippen LogP contribution in [0.1, 0.15) is 42.5 Å². The summed E-state index contributed by atoms with van der Waals surface area (Å²) in [7, 11) is 0. The van der Waals surface area contributed by atoms with E-state index in [4.69, 9.17) is 4.74 Å². The standard InChI is InChI=1S/C18H23FN2O3/c19-14-3-1-13(2-4-14)16(22)5-6-17(23)21-15-11-18(24-12-15)7-9-20-10-8-18/h1-4,15,20H,5-12H2,(H,21,23)/t15-/m0/s1. The molecule has 6 heteroatoms. The topological polar surface area (TPSA) is 67.4 Å². The lowest BCUT2D eigenvalue weighted by atomic mass is 9.88. The Hall–Kier alpha value is -1.79. The number of carbonyl (C=O) groups excluding carboxylic acids is 2. The molecule has 0 radical (unpaired) electrons. The van der Waals surface area contributed by atoms with Crippen molar-refractivity contribution in [2.75, 3.05) is 19.7 Å². The van der Waals surface area contributed by atoms with E-state index in [-0.39, 0.29) is 42.0 Å². The largest absolute Gasteiger partial charge is 0.373 e. The molecule has 0 bridgehead atoms. The summed E-state index contributed by atoms with van der Waals surface area (Å²) in [5, 5.41) is 6.28. The second-order valence-electron chi connectivity index (χ2n) is 6.64. The zero-order valence-electron chi connectivity index (χ0n) is 13.6. The van der Waals surface area contributed by atoms with E-state index in [0.717, 1.165) is 32.4 Å². The van der Waals surface area contributed by atoms with E-state index in [2.05, 4.69) is 10.6 Å². The minimum atomic E-state index is -0.377. The number of rotatable bonds is 5. The first kappa shape index (κ1) is 17.0. The molecule has 24 heavy (non-hydrogen) atoms. The predicted octanol–water partition coefficient (Wildman–Crippen LogP) is 1.82. The van der Waals surface area contributed by atoms with Crippen LogP contribution in [0.4, 0.5) is 4.39 Å². The molecule has 2 fully saturated rings. The third-order valence-electron chi connectivity index (χ3n) is 4.83. The minimum absolute atomic E-state index is 0.0246. The Morgan fingerprint density at radius 3 is 2.62 bits per heavy atom. The van der Waals surface area contributed by atoms with Gasteiger partial charge in [0, 0.05) is 18.4 Å². The van der Waals surface area contributed by atoms with Gasteiger partial charge < -0.3 is 15.4 Å². The number of carbonyl (C=O) groups is 2. The molecule has 2 aliphatic rings. The first-order valence-electron chi connectivity index (χ1n) is 8.49. The molecule has 0 aromatic heterocycles. The number of piperidine rings is 1. The highest BCUT2D eigenvalue weighted by molar-refractivity contribution is 5.97. The lowest BCUT2D eigenvalue weighted by Gasteiger charge is -2.32. The molecule has 1 aromatic carbocycles. The maximum Gasteiger partial charge on any atom is 0.220 e. The Morgan fingerprint density at radius 1 is 1.21 bits per heavy atom. The van der Waals surface area contributed by atoms with Crippen molar-refractivity contribution in [1.82, 2.24) is 10.6 Å². The highest BCUT2D eigenvalue weighted by Crippen LogP contribution is 2.33. The van der Waals surface area contributed by atoms with Gasteiger partial charge in [-0.25, -0.2) is 4.39 Å². The maximum atomic E-state index is 12.9. The highest BCUT2D eigenvalue weighted by Gasteiger charge is 2.41. The molecule has 0 saturated carbocycles. The number of hydrogen-bond acceptors (Lipinski definition) is 4. The molecular formula is C18H23FN2O3. The van der Waals surface area contributed by atoms with Gasteiger partial charge >= 0.3 is 0 Å². The SMILES string of the molecule is O=C(CCC(=O)c1ccc(F)cc1)N[C@@H]1COC2(CCNCC2)C1. The van der Waals surface area contributed by atoms with Gasteiger partial charge in [0.25, 0.3) is 0 Å². The number of hydrogen-bond donors (Lipinski definition) is 2. The monoisotopic (exact) mass is 334 g/mol. The second kappa shape index (κ2) is 7.40. The van der Waals surface area contributed by atoms with Crippen LogP contribution >= 0.6 is 0 Å². The first-order valence-corrected chi connectivity index (χ1v) is 8.49. The predicted molar refractivity (Wildman–Crippen MR) is 87.3 cm³/mol. The summed E-state index contributed by atoms with van der Waals surface area (Å²) < 4.78 is 18.8. The normalized spacial score (nSPS) is 22.5. The van der Waals surface area contributed by atoms with Crippen LogP contribution in [-0.4, -0.2) is 43.0 Å². The number of halogens is 1. The van der Waals surface area contributed by atoms with Crippen molar-refractivity contribution in [3.63, 3.8) is 0 Å². The quantitative estimate of drug-likeness (QED) is 0.806. The summed E-state index contributed by atoms with van der Waals surface area (Å²) in [4.78, 5) is 24.1. The highest BCUT2D eigenvalue weighted by atomic mass is 19.1. The summed E-state index contributed by atoms with van der Waals surface area (Å²) in [5.41, 5.74) is 0.342. The summed E-state index contributed by atoms with van der Waals surface area (Å²) in [5.74, 6) is -0.662. The lowest BCUT2D eigenvalue weighted by molar-refractivity contribution is -0.121. The lowest BCUT2D eigenvalue weighted by Crippen LogP contribution is -2.43. The number of benzene rings is 1. The molecule has 5 nitrogen and oxygen atoms in total. The summed E-state index contributed by atoms with van der Waals surface area (Å²) in [6.45, 7) is 2.44. The van der Waals surface area contributed by atoms with Crippen LogP contribution in [0.15, 0.2) is 24.3 Å². The van der Waals surface area contributed by atoms with Crippen molar-refractivity contribution in [3.8, 4) is 0 Å². The average molecular weight is 334 g/mol. The van der Waals surface area contributed by atoms with Gasteiger partial charge in [-0.3, -0.25) is 9.59 Å². The summed E-state index contributed by atoms with van der Waals surface area (Å²) in [6.07, 6.45) is 3.05. The van der Waals surface area contributed by atoms with Crippen LogP contribution < -0.4 is 10.6 Å². The van der Waals surface area contributed by atoms with Crippen LogP contribution in [0.3, 0.4) is 0 Å². The van der Waals surface area contributed by atoms with E-state index >= 15 is 0 Å². The molecule has 2 saturated heterocycles. The van der Waals surface area contributed by atoms with E-state index in [1.165, 1.54) is 24.3 Å². The third-order valence-corrected chi connectivity index (χ3v) is 4.83. The fourth-order valence-corrected chi connectivity index (χ4v) is 3.47. The van der Waals surface area contributed by atoms with Gasteiger partial charge in [-0.2, -0.15) is 0 Å². The Balaban J connectivity index is 1.43.